The predicted molar refractivity (Wildman–Crippen MR) is 114 cm³/mol. The third-order valence-corrected chi connectivity index (χ3v) is 5.06. The van der Waals surface area contributed by atoms with Crippen LogP contribution in [0.15, 0.2) is 12.2 Å². The highest BCUT2D eigenvalue weighted by atomic mass is 16.4. The van der Waals surface area contributed by atoms with Crippen LogP contribution in [0.4, 0.5) is 0 Å². The smallest absolute Gasteiger partial charge is 0.328 e. The fourth-order valence-electron chi connectivity index (χ4n) is 3.25. The lowest BCUT2D eigenvalue weighted by molar-refractivity contribution is -0.131. The fraction of sp³-hybridized carbons (Fsp3) is 0.818. The van der Waals surface area contributed by atoms with E-state index >= 15 is 0 Å². The van der Waals surface area contributed by atoms with Gasteiger partial charge in [0.15, 0.2) is 0 Å². The molecular weight excluding hydrogens is 374 g/mol. The third kappa shape index (κ3) is 16.1. The molecule has 0 aromatic carbocycles. The van der Waals surface area contributed by atoms with Crippen LogP contribution >= 0.6 is 0 Å². The molecule has 0 radical (unpaired) electrons. The Labute approximate surface area is 175 Å². The fourth-order valence-corrected chi connectivity index (χ4v) is 3.25. The van der Waals surface area contributed by atoms with Crippen LogP contribution in [0, 0.1) is 0 Å². The molecule has 29 heavy (non-hydrogen) atoms. The van der Waals surface area contributed by atoms with Crippen molar-refractivity contribution in [2.45, 2.75) is 109 Å². The molecule has 170 valence electrons. The lowest BCUT2D eigenvalue weighted by Crippen LogP contribution is -2.50. The van der Waals surface area contributed by atoms with Crippen LogP contribution in [0.25, 0.3) is 0 Å². The van der Waals surface area contributed by atoms with Gasteiger partial charge in [0.2, 0.25) is 5.91 Å². The van der Waals surface area contributed by atoms with Gasteiger partial charge in [0.05, 0.1) is 18.8 Å². The molecule has 3 atom stereocenters. The van der Waals surface area contributed by atoms with Crippen LogP contribution in [0.2, 0.25) is 0 Å². The Bertz CT molecular complexity index is 455. The van der Waals surface area contributed by atoms with Crippen molar-refractivity contribution in [2.24, 2.45) is 0 Å². The molecule has 0 unspecified atom stereocenters. The Morgan fingerprint density at radius 3 is 1.76 bits per heavy atom. The van der Waals surface area contributed by atoms with Crippen molar-refractivity contribution in [2.75, 3.05) is 6.61 Å². The molecule has 0 aromatic rings. The van der Waals surface area contributed by atoms with Crippen LogP contribution in [0.3, 0.4) is 0 Å². The van der Waals surface area contributed by atoms with Gasteiger partial charge in [0.1, 0.15) is 6.10 Å². The highest BCUT2D eigenvalue weighted by molar-refractivity contribution is 5.94. The lowest BCUT2D eigenvalue weighted by atomic mass is 9.99. The summed E-state index contributed by atoms with van der Waals surface area (Å²) in [6, 6.07) is -1.05. The van der Waals surface area contributed by atoms with E-state index in [-0.39, 0.29) is 0 Å². The number of nitrogens with one attached hydrogen (secondary N) is 1. The van der Waals surface area contributed by atoms with Gasteiger partial charge in [0.25, 0.3) is 0 Å². The minimum Gasteiger partial charge on any atom is -0.478 e. The molecule has 0 heterocycles. The number of hydrogen-bond acceptors (Lipinski definition) is 5. The molecule has 7 nitrogen and oxygen atoms in total. The predicted octanol–water partition coefficient (Wildman–Crippen LogP) is 2.92. The maximum absolute atomic E-state index is 11.6. The summed E-state index contributed by atoms with van der Waals surface area (Å²) in [4.78, 5) is 21.9. The Hall–Kier alpha value is -1.44. The molecule has 0 saturated carbocycles. The van der Waals surface area contributed by atoms with Gasteiger partial charge in [-0.1, -0.05) is 84.0 Å². The second-order valence-electron chi connectivity index (χ2n) is 7.70. The first-order valence-electron chi connectivity index (χ1n) is 11.1. The van der Waals surface area contributed by atoms with Crippen LogP contribution in [-0.2, 0) is 9.59 Å². The molecule has 0 saturated heterocycles. The second-order valence-corrected chi connectivity index (χ2v) is 7.70. The minimum absolute atomic E-state index is 0.385. The Morgan fingerprint density at radius 2 is 1.31 bits per heavy atom. The minimum atomic E-state index is -1.31. The standard InChI is InChI=1S/C22H41NO6/c1-2-3-4-5-6-7-8-9-10-11-12-13-14-19(25)22(29)18(17-24)23-20(26)15-16-21(27)28/h15-16,18-19,22,24-25,29H,2-14,17H2,1H3,(H,23,26)(H,27,28)/b16-15+/t18-,19+,22-/m0/s1. The number of carbonyl (C=O) groups excluding carboxylic acids is 1. The maximum Gasteiger partial charge on any atom is 0.328 e. The van der Waals surface area contributed by atoms with Crippen LogP contribution in [0.1, 0.15) is 90.4 Å². The van der Waals surface area contributed by atoms with Crippen molar-refractivity contribution in [1.29, 1.82) is 0 Å². The maximum atomic E-state index is 11.6. The third-order valence-electron chi connectivity index (χ3n) is 5.06. The molecule has 0 aliphatic carbocycles. The first-order chi connectivity index (χ1) is 13.9. The molecule has 1 amide bonds. The molecule has 0 aromatic heterocycles. The number of amides is 1. The van der Waals surface area contributed by atoms with Crippen LogP contribution in [0.5, 0.6) is 0 Å². The summed E-state index contributed by atoms with van der Waals surface area (Å²) in [5.41, 5.74) is 0. The van der Waals surface area contributed by atoms with E-state index in [1.807, 2.05) is 0 Å². The zero-order valence-corrected chi connectivity index (χ0v) is 17.9. The van der Waals surface area contributed by atoms with Crippen molar-refractivity contribution in [1.82, 2.24) is 5.32 Å². The Kier molecular flexibility index (Phi) is 17.7. The van der Waals surface area contributed by atoms with Gasteiger partial charge in [-0.3, -0.25) is 4.79 Å². The molecule has 0 spiro atoms. The number of aliphatic hydroxyl groups excluding tert-OH is 3. The number of rotatable bonds is 19. The molecule has 0 rings (SSSR count). The van der Waals surface area contributed by atoms with E-state index in [2.05, 4.69) is 12.2 Å². The van der Waals surface area contributed by atoms with E-state index < -0.39 is 36.7 Å². The van der Waals surface area contributed by atoms with Gasteiger partial charge in [-0.2, -0.15) is 0 Å². The number of carboxylic acid groups (broad SMARTS) is 1. The summed E-state index contributed by atoms with van der Waals surface area (Å²) >= 11 is 0. The Morgan fingerprint density at radius 1 is 0.828 bits per heavy atom. The van der Waals surface area contributed by atoms with Gasteiger partial charge in [-0.25, -0.2) is 4.79 Å². The molecule has 5 N–H and O–H groups in total. The highest BCUT2D eigenvalue weighted by Crippen LogP contribution is 2.14. The van der Waals surface area contributed by atoms with Gasteiger partial charge in [-0.05, 0) is 6.42 Å². The topological polar surface area (TPSA) is 127 Å². The van der Waals surface area contributed by atoms with Gasteiger partial charge >= 0.3 is 5.97 Å². The van der Waals surface area contributed by atoms with Crippen LogP contribution < -0.4 is 5.32 Å². The van der Waals surface area contributed by atoms with Crippen molar-refractivity contribution < 1.29 is 30.0 Å². The van der Waals surface area contributed by atoms with Crippen molar-refractivity contribution in [3.8, 4) is 0 Å². The summed E-state index contributed by atoms with van der Waals surface area (Å²) < 4.78 is 0. The van der Waals surface area contributed by atoms with E-state index in [4.69, 9.17) is 5.11 Å². The van der Waals surface area contributed by atoms with Crippen molar-refractivity contribution >= 4 is 11.9 Å². The number of hydrogen-bond donors (Lipinski definition) is 5. The average Bonchev–Trinajstić information content (AvgIpc) is 2.70. The molecule has 0 aliphatic rings. The monoisotopic (exact) mass is 415 g/mol. The van der Waals surface area contributed by atoms with E-state index in [0.717, 1.165) is 25.3 Å². The van der Waals surface area contributed by atoms with E-state index in [0.29, 0.717) is 12.5 Å². The molecule has 7 heteroatoms. The largest absolute Gasteiger partial charge is 0.478 e. The van der Waals surface area contributed by atoms with Gasteiger partial charge in [0, 0.05) is 12.2 Å². The lowest BCUT2D eigenvalue weighted by Gasteiger charge is -2.25. The summed E-state index contributed by atoms with van der Waals surface area (Å²) in [6.45, 7) is 1.68. The number of carboxylic acids is 1. The quantitative estimate of drug-likeness (QED) is 0.163. The number of unbranched alkanes of at least 4 members (excludes halogenated alkanes) is 11. The van der Waals surface area contributed by atoms with Gasteiger partial charge < -0.3 is 25.7 Å². The summed E-state index contributed by atoms with van der Waals surface area (Å²) in [6.07, 6.45) is 14.0. The van der Waals surface area contributed by atoms with E-state index in [9.17, 15) is 24.9 Å². The summed E-state index contributed by atoms with van der Waals surface area (Å²) in [7, 11) is 0. The number of aliphatic hydroxyl groups is 3. The average molecular weight is 416 g/mol. The van der Waals surface area contributed by atoms with Crippen molar-refractivity contribution in [3.63, 3.8) is 0 Å². The first kappa shape index (κ1) is 27.6. The molecule has 0 aliphatic heterocycles. The summed E-state index contributed by atoms with van der Waals surface area (Å²) in [5.74, 6) is -2.02. The molecule has 0 bridgehead atoms. The normalized spacial score (nSPS) is 14.6. The first-order valence-corrected chi connectivity index (χ1v) is 11.1. The number of aliphatic carboxylic acids is 1. The SMILES string of the molecule is CCCCCCCCCCCCCC[C@@H](O)[C@@H](O)[C@H](CO)NC(=O)/C=C/C(=O)O. The second kappa shape index (κ2) is 18.6. The zero-order valence-electron chi connectivity index (χ0n) is 17.9. The summed E-state index contributed by atoms with van der Waals surface area (Å²) in [5, 5.41) is 40.3. The van der Waals surface area contributed by atoms with Crippen LogP contribution in [-0.4, -0.2) is 57.2 Å². The van der Waals surface area contributed by atoms with E-state index in [1.165, 1.54) is 57.8 Å². The van der Waals surface area contributed by atoms with Gasteiger partial charge in [-0.15, -0.1) is 0 Å². The number of carbonyl (C=O) groups is 2. The highest BCUT2D eigenvalue weighted by Gasteiger charge is 2.26. The van der Waals surface area contributed by atoms with Crippen molar-refractivity contribution in [3.05, 3.63) is 12.2 Å². The molecular formula is C22H41NO6. The Balaban J connectivity index is 3.82. The zero-order chi connectivity index (χ0) is 21.9. The van der Waals surface area contributed by atoms with E-state index in [1.54, 1.807) is 0 Å². The molecule has 0 fully saturated rings.